The van der Waals surface area contributed by atoms with Gasteiger partial charge in [-0.25, -0.2) is 13.4 Å². The first-order chi connectivity index (χ1) is 12.0. The zero-order valence-electron chi connectivity index (χ0n) is 16.4. The smallest absolute Gasteiger partial charge is 0.155 e. The summed E-state index contributed by atoms with van der Waals surface area (Å²) in [5.41, 5.74) is 6.23. The summed E-state index contributed by atoms with van der Waals surface area (Å²) in [5, 5.41) is 0. The fourth-order valence-electron chi connectivity index (χ4n) is 2.96. The summed E-state index contributed by atoms with van der Waals surface area (Å²) in [7, 11) is -3.06. The number of rotatable bonds is 8. The van der Waals surface area contributed by atoms with E-state index in [1.165, 1.54) is 4.70 Å². The van der Waals surface area contributed by atoms with Gasteiger partial charge >= 0.3 is 0 Å². The number of nitrogens with zero attached hydrogens (tertiary/aromatic N) is 1. The number of sulfone groups is 1. The number of hydrogen-bond donors (Lipinski definition) is 0. The Bertz CT molecular complexity index is 890. The molecule has 0 saturated heterocycles. The van der Waals surface area contributed by atoms with Crippen LogP contribution in [0.4, 0.5) is 0 Å². The topological polar surface area (TPSA) is 64.1 Å². The van der Waals surface area contributed by atoms with Crippen LogP contribution < -0.4 is 0 Å². The second-order valence-corrected chi connectivity index (χ2v) is 11.7. The monoisotopic (exact) mass is 395 g/mol. The van der Waals surface area contributed by atoms with E-state index in [9.17, 15) is 13.2 Å². The molecule has 2 rings (SSSR count). The van der Waals surface area contributed by atoms with E-state index < -0.39 is 14.6 Å². The Morgan fingerprint density at radius 2 is 1.85 bits per heavy atom. The first-order valence-corrected chi connectivity index (χ1v) is 11.6. The van der Waals surface area contributed by atoms with Gasteiger partial charge in [0, 0.05) is 12.8 Å². The van der Waals surface area contributed by atoms with Crippen molar-refractivity contribution in [2.24, 2.45) is 0 Å². The molecule has 0 amide bonds. The molecule has 0 spiro atoms. The quantitative estimate of drug-likeness (QED) is 0.602. The Labute approximate surface area is 161 Å². The number of carbonyl (C=O) groups is 1. The number of ketones is 1. The fourth-order valence-corrected chi connectivity index (χ4v) is 5.05. The molecule has 0 aliphatic carbocycles. The van der Waals surface area contributed by atoms with Crippen molar-refractivity contribution in [1.82, 2.24) is 4.98 Å². The molecule has 0 N–H and O–H groups in total. The molecule has 6 heteroatoms. The third kappa shape index (κ3) is 4.92. The first-order valence-electron chi connectivity index (χ1n) is 9.09. The molecule has 0 bridgehead atoms. The highest BCUT2D eigenvalue weighted by Crippen LogP contribution is 2.28. The number of benzene rings is 1. The van der Waals surface area contributed by atoms with Gasteiger partial charge in [-0.15, -0.1) is 11.3 Å². The molecule has 2 aromatic rings. The SMILES string of the molecule is Cc1cc(CC(=O)CCCCCS(=O)(=O)C(C)(C)C)c(C)c2scnc12. The van der Waals surface area contributed by atoms with Crippen LogP contribution in [0.15, 0.2) is 11.6 Å². The summed E-state index contributed by atoms with van der Waals surface area (Å²) >= 11 is 1.62. The highest BCUT2D eigenvalue weighted by molar-refractivity contribution is 7.92. The van der Waals surface area contributed by atoms with E-state index >= 15 is 0 Å². The van der Waals surface area contributed by atoms with E-state index in [0.717, 1.165) is 35.0 Å². The summed E-state index contributed by atoms with van der Waals surface area (Å²) in [6, 6.07) is 2.07. The van der Waals surface area contributed by atoms with Gasteiger partial charge < -0.3 is 0 Å². The lowest BCUT2D eigenvalue weighted by Crippen LogP contribution is -2.30. The van der Waals surface area contributed by atoms with Gasteiger partial charge in [-0.3, -0.25) is 4.79 Å². The van der Waals surface area contributed by atoms with E-state index in [0.29, 0.717) is 19.3 Å². The number of carbonyl (C=O) groups excluding carboxylic acids is 1. The number of unbranched alkanes of at least 4 members (excludes halogenated alkanes) is 2. The maximum atomic E-state index is 12.3. The van der Waals surface area contributed by atoms with Crippen LogP contribution in [0.5, 0.6) is 0 Å². The van der Waals surface area contributed by atoms with Gasteiger partial charge in [0.25, 0.3) is 0 Å². The Balaban J connectivity index is 1.84. The van der Waals surface area contributed by atoms with Gasteiger partial charge in [0.15, 0.2) is 9.84 Å². The summed E-state index contributed by atoms with van der Waals surface area (Å²) < 4.78 is 24.6. The Hall–Kier alpha value is -1.27. The molecule has 0 unspecified atom stereocenters. The van der Waals surface area contributed by atoms with Crippen LogP contribution in [0.2, 0.25) is 0 Å². The van der Waals surface area contributed by atoms with Crippen molar-refractivity contribution < 1.29 is 13.2 Å². The molecule has 0 aliphatic heterocycles. The number of aromatic nitrogens is 1. The van der Waals surface area contributed by atoms with Crippen molar-refractivity contribution in [2.45, 2.75) is 71.5 Å². The molecule has 26 heavy (non-hydrogen) atoms. The average molecular weight is 396 g/mol. The van der Waals surface area contributed by atoms with E-state index in [2.05, 4.69) is 18.0 Å². The highest BCUT2D eigenvalue weighted by atomic mass is 32.2. The maximum Gasteiger partial charge on any atom is 0.155 e. The van der Waals surface area contributed by atoms with Gasteiger partial charge in [0.2, 0.25) is 0 Å². The molecule has 0 aliphatic rings. The van der Waals surface area contributed by atoms with Crippen LogP contribution >= 0.6 is 11.3 Å². The van der Waals surface area contributed by atoms with Gasteiger partial charge in [-0.2, -0.15) is 0 Å². The maximum absolute atomic E-state index is 12.3. The van der Waals surface area contributed by atoms with Crippen molar-refractivity contribution in [1.29, 1.82) is 0 Å². The second-order valence-electron chi connectivity index (χ2n) is 7.97. The minimum atomic E-state index is -3.06. The van der Waals surface area contributed by atoms with E-state index in [-0.39, 0.29) is 11.5 Å². The molecule has 0 saturated carbocycles. The predicted molar refractivity (Wildman–Crippen MR) is 110 cm³/mol. The molecule has 0 radical (unpaired) electrons. The lowest BCUT2D eigenvalue weighted by molar-refractivity contribution is -0.118. The fraction of sp³-hybridized carbons (Fsp3) is 0.600. The van der Waals surface area contributed by atoms with E-state index in [1.54, 1.807) is 32.1 Å². The Kier molecular flexibility index (Phi) is 6.61. The van der Waals surface area contributed by atoms with Crippen LogP contribution in [0.1, 0.15) is 63.1 Å². The first kappa shape index (κ1) is 21.0. The van der Waals surface area contributed by atoms with Gasteiger partial charge in [0.1, 0.15) is 5.78 Å². The molecule has 4 nitrogen and oxygen atoms in total. The van der Waals surface area contributed by atoms with E-state index in [1.807, 2.05) is 12.4 Å². The molecule has 1 heterocycles. The summed E-state index contributed by atoms with van der Waals surface area (Å²) in [5.74, 6) is 0.417. The van der Waals surface area contributed by atoms with Crippen LogP contribution in [0.3, 0.4) is 0 Å². The van der Waals surface area contributed by atoms with Crippen LogP contribution in [-0.2, 0) is 21.1 Å². The largest absolute Gasteiger partial charge is 0.299 e. The molecular formula is C20H29NO3S2. The van der Waals surface area contributed by atoms with Crippen LogP contribution in [-0.4, -0.2) is 29.7 Å². The number of Topliss-reactive ketones (excluding diaryl/α,β-unsaturated/α-hetero) is 1. The van der Waals surface area contributed by atoms with Crippen molar-refractivity contribution in [2.75, 3.05) is 5.75 Å². The predicted octanol–water partition coefficient (Wildman–Crippen LogP) is 4.80. The molecule has 0 fully saturated rings. The lowest BCUT2D eigenvalue weighted by atomic mass is 9.98. The third-order valence-electron chi connectivity index (χ3n) is 4.84. The summed E-state index contributed by atoms with van der Waals surface area (Å²) in [6.45, 7) is 9.29. The van der Waals surface area contributed by atoms with Crippen molar-refractivity contribution in [3.63, 3.8) is 0 Å². The highest BCUT2D eigenvalue weighted by Gasteiger charge is 2.27. The average Bonchev–Trinajstić information content (AvgIpc) is 3.01. The van der Waals surface area contributed by atoms with Crippen LogP contribution in [0.25, 0.3) is 10.2 Å². The zero-order chi connectivity index (χ0) is 19.5. The van der Waals surface area contributed by atoms with Crippen LogP contribution in [0, 0.1) is 13.8 Å². The number of thiazole rings is 1. The molecule has 1 aromatic carbocycles. The van der Waals surface area contributed by atoms with Crippen molar-refractivity contribution >= 4 is 37.2 Å². The summed E-state index contributed by atoms with van der Waals surface area (Å²) in [6.07, 6.45) is 3.10. The third-order valence-corrected chi connectivity index (χ3v) is 8.48. The lowest BCUT2D eigenvalue weighted by Gasteiger charge is -2.18. The summed E-state index contributed by atoms with van der Waals surface area (Å²) in [4.78, 5) is 16.7. The molecule has 0 atom stereocenters. The van der Waals surface area contributed by atoms with Gasteiger partial charge in [-0.1, -0.05) is 12.5 Å². The molecule has 144 valence electrons. The minimum absolute atomic E-state index is 0.199. The standard InChI is InChI=1S/C20H29NO3S2/c1-14-11-16(15(2)19-18(14)21-13-25-19)12-17(22)9-7-6-8-10-26(23,24)20(3,4)5/h11,13H,6-10,12H2,1-5H3. The van der Waals surface area contributed by atoms with Crippen molar-refractivity contribution in [3.8, 4) is 0 Å². The zero-order valence-corrected chi connectivity index (χ0v) is 18.0. The molecular weight excluding hydrogens is 366 g/mol. The van der Waals surface area contributed by atoms with Gasteiger partial charge in [0.05, 0.1) is 26.2 Å². The van der Waals surface area contributed by atoms with Crippen molar-refractivity contribution in [3.05, 3.63) is 28.3 Å². The van der Waals surface area contributed by atoms with Gasteiger partial charge in [-0.05, 0) is 64.2 Å². The molecule has 1 aromatic heterocycles. The van der Waals surface area contributed by atoms with E-state index in [4.69, 9.17) is 0 Å². The number of hydrogen-bond acceptors (Lipinski definition) is 5. The normalized spacial score (nSPS) is 12.7. The minimum Gasteiger partial charge on any atom is -0.299 e. The Morgan fingerprint density at radius 3 is 2.50 bits per heavy atom. The Morgan fingerprint density at radius 1 is 1.15 bits per heavy atom. The number of aryl methyl sites for hydroxylation is 2. The number of fused-ring (bicyclic) bond motifs is 1. The second kappa shape index (κ2) is 8.17.